The van der Waals surface area contributed by atoms with E-state index in [-0.39, 0.29) is 19.5 Å². The summed E-state index contributed by atoms with van der Waals surface area (Å²) in [5, 5.41) is 0.367. The third-order valence-electron chi connectivity index (χ3n) is 5.76. The van der Waals surface area contributed by atoms with Gasteiger partial charge in [0.05, 0.1) is 28.3 Å². The zero-order valence-corrected chi connectivity index (χ0v) is 19.5. The Labute approximate surface area is 148 Å². The van der Waals surface area contributed by atoms with Crippen LogP contribution in [0.1, 0.15) is 44.9 Å². The van der Waals surface area contributed by atoms with Gasteiger partial charge in [-0.1, -0.05) is 25.7 Å². The van der Waals surface area contributed by atoms with Gasteiger partial charge in [0.2, 0.25) is 0 Å². The second-order valence-corrected chi connectivity index (χ2v) is 22.1. The van der Waals surface area contributed by atoms with Gasteiger partial charge in [0.15, 0.2) is 0 Å². The van der Waals surface area contributed by atoms with Gasteiger partial charge in [-0.3, -0.25) is 0 Å². The summed E-state index contributed by atoms with van der Waals surface area (Å²) < 4.78 is 13.4. The van der Waals surface area contributed by atoms with Gasteiger partial charge in [0.25, 0.3) is 0 Å². The lowest BCUT2D eigenvalue weighted by atomic mass is 9.96. The minimum absolute atomic E-state index is 0.165. The minimum Gasteiger partial charge on any atom is -0.377 e. The molecule has 2 aliphatic heterocycles. The molecule has 0 aromatic rings. The number of rotatable bonds is 7. The number of ether oxygens (including phenoxy) is 2. The van der Waals surface area contributed by atoms with Crippen LogP contribution in [0, 0.1) is 0 Å². The van der Waals surface area contributed by atoms with E-state index in [1.54, 1.807) is 0 Å². The maximum Gasteiger partial charge on any atom is 0.0794 e. The SMILES string of the molecule is C[SiH](C)[SiH2]C1(C2([SiH](C)CCCS)CCCCO2)CCCCO1. The zero-order chi connectivity index (χ0) is 16.1. The normalized spacial score (nSPS) is 35.3. The molecule has 0 bridgehead atoms. The van der Waals surface area contributed by atoms with Gasteiger partial charge in [-0.2, -0.15) is 12.6 Å². The van der Waals surface area contributed by atoms with Gasteiger partial charge in [0.1, 0.15) is 0 Å². The highest BCUT2D eigenvalue weighted by Crippen LogP contribution is 2.45. The van der Waals surface area contributed by atoms with Crippen LogP contribution >= 0.6 is 12.6 Å². The van der Waals surface area contributed by atoms with Crippen molar-refractivity contribution in [1.29, 1.82) is 0 Å². The highest BCUT2D eigenvalue weighted by atomic mass is 32.1. The second kappa shape index (κ2) is 8.85. The molecule has 0 amide bonds. The maximum absolute atomic E-state index is 6.74. The summed E-state index contributed by atoms with van der Waals surface area (Å²) in [4.78, 5) is 0. The molecule has 0 radical (unpaired) electrons. The Morgan fingerprint density at radius 2 is 1.68 bits per heavy atom. The van der Waals surface area contributed by atoms with E-state index in [4.69, 9.17) is 9.47 Å². The Morgan fingerprint density at radius 1 is 1.00 bits per heavy atom. The highest BCUT2D eigenvalue weighted by molar-refractivity contribution is 7.80. The predicted molar refractivity (Wildman–Crippen MR) is 109 cm³/mol. The summed E-state index contributed by atoms with van der Waals surface area (Å²) in [7, 11) is -1.70. The van der Waals surface area contributed by atoms with Gasteiger partial charge in [0, 0.05) is 21.5 Å². The largest absolute Gasteiger partial charge is 0.377 e. The van der Waals surface area contributed by atoms with Crippen molar-refractivity contribution in [3.8, 4) is 0 Å². The van der Waals surface area contributed by atoms with Crippen molar-refractivity contribution in [2.75, 3.05) is 19.0 Å². The summed E-state index contributed by atoms with van der Waals surface area (Å²) in [5.74, 6) is 1.03. The molecule has 0 N–H and O–H groups in total. The summed E-state index contributed by atoms with van der Waals surface area (Å²) >= 11 is 4.46. The monoisotopic (exact) mass is 376 g/mol. The molecule has 0 aliphatic carbocycles. The summed E-state index contributed by atoms with van der Waals surface area (Å²) in [6, 6.07) is 1.38. The molecular weight excluding hydrogens is 340 g/mol. The first-order chi connectivity index (χ1) is 10.6. The molecule has 0 aromatic heterocycles. The first-order valence-corrected chi connectivity index (χ1v) is 18.9. The smallest absolute Gasteiger partial charge is 0.0794 e. The average Bonchev–Trinajstić information content (AvgIpc) is 2.53. The lowest BCUT2D eigenvalue weighted by Gasteiger charge is -2.57. The molecule has 2 rings (SSSR count). The van der Waals surface area contributed by atoms with Crippen LogP contribution in [0.4, 0.5) is 0 Å². The molecule has 2 nitrogen and oxygen atoms in total. The van der Waals surface area contributed by atoms with Crippen molar-refractivity contribution < 1.29 is 9.47 Å². The Bertz CT molecular complexity index is 329. The molecule has 3 unspecified atom stereocenters. The van der Waals surface area contributed by atoms with Crippen molar-refractivity contribution in [2.45, 2.75) is 81.1 Å². The van der Waals surface area contributed by atoms with Crippen LogP contribution in [-0.2, 0) is 9.47 Å². The number of hydrogen-bond acceptors (Lipinski definition) is 3. The van der Waals surface area contributed by atoms with Crippen LogP contribution in [0.5, 0.6) is 0 Å². The first-order valence-electron chi connectivity index (χ1n) is 9.45. The van der Waals surface area contributed by atoms with Crippen LogP contribution in [0.25, 0.3) is 0 Å². The lowest BCUT2D eigenvalue weighted by molar-refractivity contribution is -0.162. The predicted octanol–water partition coefficient (Wildman–Crippen LogP) is 2.69. The molecule has 0 aromatic carbocycles. The Kier molecular flexibility index (Phi) is 7.75. The topological polar surface area (TPSA) is 18.5 Å². The minimum atomic E-state index is -0.975. The highest BCUT2D eigenvalue weighted by Gasteiger charge is 2.57. The zero-order valence-electron chi connectivity index (χ0n) is 14.9. The molecule has 22 heavy (non-hydrogen) atoms. The molecule has 2 fully saturated rings. The molecule has 2 aliphatic rings. The fourth-order valence-corrected chi connectivity index (χ4v) is 19.6. The standard InChI is InChI=1S/C16H36O2SSi3/c1-21(2)20-15(9-4-6-11-17-15)16(10-5-7-12-18-16)22(3)14-8-13-19/h19,21-22H,4-14,20H2,1-3H3. The number of thiol groups is 1. The van der Waals surface area contributed by atoms with Crippen molar-refractivity contribution >= 4 is 38.8 Å². The molecule has 6 heteroatoms. The molecular formula is C16H36O2SSi3. The first kappa shape index (κ1) is 19.2. The van der Waals surface area contributed by atoms with E-state index in [9.17, 15) is 0 Å². The average molecular weight is 377 g/mol. The van der Waals surface area contributed by atoms with Crippen molar-refractivity contribution in [3.63, 3.8) is 0 Å². The third kappa shape index (κ3) is 4.11. The fraction of sp³-hybridized carbons (Fsp3) is 1.00. The van der Waals surface area contributed by atoms with E-state index in [2.05, 4.69) is 32.3 Å². The van der Waals surface area contributed by atoms with Crippen molar-refractivity contribution in [3.05, 3.63) is 0 Å². The van der Waals surface area contributed by atoms with Crippen LogP contribution in [0.2, 0.25) is 25.7 Å². The molecule has 3 atom stereocenters. The molecule has 0 spiro atoms. The van der Waals surface area contributed by atoms with Crippen LogP contribution < -0.4 is 0 Å². The van der Waals surface area contributed by atoms with Gasteiger partial charge in [-0.15, -0.1) is 0 Å². The van der Waals surface area contributed by atoms with E-state index >= 15 is 0 Å². The Morgan fingerprint density at radius 3 is 2.18 bits per heavy atom. The molecule has 130 valence electrons. The van der Waals surface area contributed by atoms with Gasteiger partial charge in [-0.05, 0) is 50.7 Å². The van der Waals surface area contributed by atoms with E-state index in [0.717, 1.165) is 19.0 Å². The fourth-order valence-electron chi connectivity index (χ4n) is 4.82. The van der Waals surface area contributed by atoms with Gasteiger partial charge < -0.3 is 9.47 Å². The van der Waals surface area contributed by atoms with E-state index in [1.165, 1.54) is 51.0 Å². The summed E-state index contributed by atoms with van der Waals surface area (Å²) in [6.07, 6.45) is 9.11. The third-order valence-corrected chi connectivity index (χ3v) is 17.4. The van der Waals surface area contributed by atoms with Crippen LogP contribution in [0.3, 0.4) is 0 Å². The molecule has 0 saturated carbocycles. The van der Waals surface area contributed by atoms with Gasteiger partial charge in [-0.25, -0.2) is 0 Å². The van der Waals surface area contributed by atoms with E-state index in [1.807, 2.05) is 0 Å². The van der Waals surface area contributed by atoms with E-state index in [0.29, 0.717) is 0 Å². The van der Waals surface area contributed by atoms with E-state index < -0.39 is 17.1 Å². The van der Waals surface area contributed by atoms with Crippen LogP contribution in [-0.4, -0.2) is 55.6 Å². The van der Waals surface area contributed by atoms with Crippen molar-refractivity contribution in [2.24, 2.45) is 0 Å². The number of hydrogen-bond donors (Lipinski definition) is 1. The maximum atomic E-state index is 6.74. The summed E-state index contributed by atoms with van der Waals surface area (Å²) in [5.41, 5.74) is 0. The molecule has 2 heterocycles. The summed E-state index contributed by atoms with van der Waals surface area (Å²) in [6.45, 7) is 9.64. The quantitative estimate of drug-likeness (QED) is 0.544. The van der Waals surface area contributed by atoms with Gasteiger partial charge >= 0.3 is 0 Å². The van der Waals surface area contributed by atoms with Crippen LogP contribution in [0.15, 0.2) is 0 Å². The molecule has 2 saturated heterocycles. The lowest BCUT2D eigenvalue weighted by Crippen LogP contribution is -2.71. The Hall–Kier alpha value is 0.921. The second-order valence-electron chi connectivity index (χ2n) is 7.86. The Balaban J connectivity index is 2.30. The van der Waals surface area contributed by atoms with Crippen molar-refractivity contribution in [1.82, 2.24) is 0 Å².